The summed E-state index contributed by atoms with van der Waals surface area (Å²) in [6, 6.07) is 16.2. The summed E-state index contributed by atoms with van der Waals surface area (Å²) >= 11 is 0. The number of nitrogens with one attached hydrogen (secondary N) is 2. The van der Waals surface area contributed by atoms with Crippen molar-refractivity contribution in [2.75, 3.05) is 17.2 Å². The highest BCUT2D eigenvalue weighted by Gasteiger charge is 2.03. The van der Waals surface area contributed by atoms with E-state index in [-0.39, 0.29) is 6.03 Å². The van der Waals surface area contributed by atoms with Crippen molar-refractivity contribution in [2.24, 2.45) is 0 Å². The maximum Gasteiger partial charge on any atom is 0.323 e. The SMILES string of the molecule is C=CCOc1cccc(NC(=O)Nc2ccccc2)c1. The van der Waals surface area contributed by atoms with E-state index in [0.717, 1.165) is 5.69 Å². The molecule has 0 aromatic heterocycles. The quantitative estimate of drug-likeness (QED) is 0.808. The van der Waals surface area contributed by atoms with Crippen LogP contribution in [-0.4, -0.2) is 12.6 Å². The van der Waals surface area contributed by atoms with Crippen LogP contribution < -0.4 is 15.4 Å². The Labute approximate surface area is 118 Å². The van der Waals surface area contributed by atoms with E-state index < -0.39 is 0 Å². The zero-order valence-electron chi connectivity index (χ0n) is 11.0. The molecule has 0 saturated carbocycles. The summed E-state index contributed by atoms with van der Waals surface area (Å²) in [5, 5.41) is 5.50. The minimum absolute atomic E-state index is 0.294. The molecule has 0 saturated heterocycles. The molecule has 102 valence electrons. The molecule has 2 rings (SSSR count). The highest BCUT2D eigenvalue weighted by molar-refractivity contribution is 5.99. The first kappa shape index (κ1) is 13.7. The molecule has 4 nitrogen and oxygen atoms in total. The predicted molar refractivity (Wildman–Crippen MR) is 81.2 cm³/mol. The fraction of sp³-hybridized carbons (Fsp3) is 0.0625. The predicted octanol–water partition coefficient (Wildman–Crippen LogP) is 3.90. The number of hydrogen-bond donors (Lipinski definition) is 2. The monoisotopic (exact) mass is 268 g/mol. The summed E-state index contributed by atoms with van der Waals surface area (Å²) in [7, 11) is 0. The molecule has 2 aromatic carbocycles. The van der Waals surface area contributed by atoms with Crippen LogP contribution in [0.3, 0.4) is 0 Å². The summed E-state index contributed by atoms with van der Waals surface area (Å²) < 4.78 is 5.41. The van der Waals surface area contributed by atoms with Gasteiger partial charge in [-0.1, -0.05) is 36.9 Å². The topological polar surface area (TPSA) is 50.4 Å². The number of rotatable bonds is 5. The summed E-state index contributed by atoms with van der Waals surface area (Å²) in [6.07, 6.45) is 1.67. The Morgan fingerprint density at radius 1 is 1.05 bits per heavy atom. The fourth-order valence-electron chi connectivity index (χ4n) is 1.63. The number of para-hydroxylation sites is 1. The molecule has 0 heterocycles. The van der Waals surface area contributed by atoms with Crippen LogP contribution >= 0.6 is 0 Å². The molecule has 2 amide bonds. The molecule has 4 heteroatoms. The first-order chi connectivity index (χ1) is 9.78. The smallest absolute Gasteiger partial charge is 0.323 e. The number of urea groups is 1. The molecular weight excluding hydrogens is 252 g/mol. The van der Waals surface area contributed by atoms with Gasteiger partial charge in [-0.05, 0) is 24.3 Å². The van der Waals surface area contributed by atoms with Crippen molar-refractivity contribution in [1.29, 1.82) is 0 Å². The molecule has 0 fully saturated rings. The van der Waals surface area contributed by atoms with E-state index in [9.17, 15) is 4.79 Å². The maximum atomic E-state index is 11.8. The highest BCUT2D eigenvalue weighted by Crippen LogP contribution is 2.17. The van der Waals surface area contributed by atoms with E-state index in [1.54, 1.807) is 18.2 Å². The van der Waals surface area contributed by atoms with Gasteiger partial charge in [0.05, 0.1) is 0 Å². The van der Waals surface area contributed by atoms with Crippen LogP contribution in [0.5, 0.6) is 5.75 Å². The molecule has 0 radical (unpaired) electrons. The lowest BCUT2D eigenvalue weighted by Crippen LogP contribution is -2.19. The average Bonchev–Trinajstić information content (AvgIpc) is 2.46. The number of anilines is 2. The summed E-state index contributed by atoms with van der Waals surface area (Å²) in [5.41, 5.74) is 1.41. The van der Waals surface area contributed by atoms with E-state index in [0.29, 0.717) is 18.0 Å². The van der Waals surface area contributed by atoms with E-state index >= 15 is 0 Å². The number of amides is 2. The van der Waals surface area contributed by atoms with E-state index in [1.807, 2.05) is 42.5 Å². The number of ether oxygens (including phenoxy) is 1. The van der Waals surface area contributed by atoms with Gasteiger partial charge >= 0.3 is 6.03 Å². The number of carbonyl (C=O) groups is 1. The zero-order chi connectivity index (χ0) is 14.2. The van der Waals surface area contributed by atoms with Crippen molar-refractivity contribution < 1.29 is 9.53 Å². The second-order valence-electron chi connectivity index (χ2n) is 4.07. The molecule has 20 heavy (non-hydrogen) atoms. The minimum Gasteiger partial charge on any atom is -0.489 e. The van der Waals surface area contributed by atoms with Gasteiger partial charge in [0.2, 0.25) is 0 Å². The zero-order valence-corrected chi connectivity index (χ0v) is 11.0. The standard InChI is InChI=1S/C16H16N2O2/c1-2-11-20-15-10-6-9-14(12-15)18-16(19)17-13-7-4-3-5-8-13/h2-10,12H,1,11H2,(H2,17,18,19). The van der Waals surface area contributed by atoms with E-state index in [1.165, 1.54) is 0 Å². The molecule has 0 unspecified atom stereocenters. The Morgan fingerprint density at radius 2 is 1.75 bits per heavy atom. The summed E-state index contributed by atoms with van der Waals surface area (Å²) in [6.45, 7) is 4.02. The lowest BCUT2D eigenvalue weighted by molar-refractivity contribution is 0.262. The Morgan fingerprint density at radius 3 is 2.50 bits per heavy atom. The van der Waals surface area contributed by atoms with Crippen LogP contribution in [0.15, 0.2) is 67.3 Å². The van der Waals surface area contributed by atoms with Gasteiger partial charge in [0.15, 0.2) is 0 Å². The lowest BCUT2D eigenvalue weighted by atomic mass is 10.3. The van der Waals surface area contributed by atoms with Crippen LogP contribution in [0.4, 0.5) is 16.2 Å². The first-order valence-corrected chi connectivity index (χ1v) is 6.25. The van der Waals surface area contributed by atoms with Gasteiger partial charge in [0.1, 0.15) is 12.4 Å². The van der Waals surface area contributed by atoms with Crippen LogP contribution in [0.1, 0.15) is 0 Å². The molecular formula is C16H16N2O2. The minimum atomic E-state index is -0.294. The third kappa shape index (κ3) is 4.17. The van der Waals surface area contributed by atoms with E-state index in [4.69, 9.17) is 4.74 Å². The van der Waals surface area contributed by atoms with Crippen molar-refractivity contribution >= 4 is 17.4 Å². The summed E-state index contributed by atoms with van der Waals surface area (Å²) in [5.74, 6) is 0.683. The number of carbonyl (C=O) groups excluding carboxylic acids is 1. The Balaban J connectivity index is 1.95. The Kier molecular flexibility index (Phi) is 4.78. The molecule has 0 aliphatic heterocycles. The Hall–Kier alpha value is -2.75. The second-order valence-corrected chi connectivity index (χ2v) is 4.07. The van der Waals surface area contributed by atoms with Gasteiger partial charge in [0.25, 0.3) is 0 Å². The fourth-order valence-corrected chi connectivity index (χ4v) is 1.63. The van der Waals surface area contributed by atoms with Gasteiger partial charge in [0, 0.05) is 17.4 Å². The second kappa shape index (κ2) is 6.99. The first-order valence-electron chi connectivity index (χ1n) is 6.25. The third-order valence-corrected chi connectivity index (χ3v) is 2.49. The third-order valence-electron chi connectivity index (χ3n) is 2.49. The highest BCUT2D eigenvalue weighted by atomic mass is 16.5. The molecule has 0 aliphatic rings. The molecule has 0 aliphatic carbocycles. The normalized spacial score (nSPS) is 9.60. The summed E-state index contributed by atoms with van der Waals surface area (Å²) in [4.78, 5) is 11.8. The lowest BCUT2D eigenvalue weighted by Gasteiger charge is -2.09. The maximum absolute atomic E-state index is 11.8. The van der Waals surface area contributed by atoms with Crippen molar-refractivity contribution in [1.82, 2.24) is 0 Å². The molecule has 0 spiro atoms. The molecule has 0 atom stereocenters. The van der Waals surface area contributed by atoms with Gasteiger partial charge in [-0.25, -0.2) is 4.79 Å². The molecule has 0 bridgehead atoms. The van der Waals surface area contributed by atoms with Gasteiger partial charge in [-0.3, -0.25) is 0 Å². The largest absolute Gasteiger partial charge is 0.489 e. The van der Waals surface area contributed by atoms with Crippen LogP contribution in [0.25, 0.3) is 0 Å². The van der Waals surface area contributed by atoms with Gasteiger partial charge in [-0.15, -0.1) is 0 Å². The van der Waals surface area contributed by atoms with Crippen molar-refractivity contribution in [3.63, 3.8) is 0 Å². The van der Waals surface area contributed by atoms with Gasteiger partial charge in [-0.2, -0.15) is 0 Å². The van der Waals surface area contributed by atoms with Crippen molar-refractivity contribution in [3.8, 4) is 5.75 Å². The average molecular weight is 268 g/mol. The van der Waals surface area contributed by atoms with Crippen LogP contribution in [-0.2, 0) is 0 Å². The van der Waals surface area contributed by atoms with Gasteiger partial charge < -0.3 is 15.4 Å². The molecule has 2 N–H and O–H groups in total. The number of benzene rings is 2. The van der Waals surface area contributed by atoms with Crippen LogP contribution in [0.2, 0.25) is 0 Å². The van der Waals surface area contributed by atoms with E-state index in [2.05, 4.69) is 17.2 Å². The Bertz CT molecular complexity index is 582. The van der Waals surface area contributed by atoms with Crippen LogP contribution in [0, 0.1) is 0 Å². The van der Waals surface area contributed by atoms with Crippen molar-refractivity contribution in [2.45, 2.75) is 0 Å². The van der Waals surface area contributed by atoms with Crippen molar-refractivity contribution in [3.05, 3.63) is 67.3 Å². The molecule has 2 aromatic rings. The number of hydrogen-bond acceptors (Lipinski definition) is 2.